The summed E-state index contributed by atoms with van der Waals surface area (Å²) in [5.41, 5.74) is -0.426. The van der Waals surface area contributed by atoms with Gasteiger partial charge in [0.25, 0.3) is 11.4 Å². The van der Waals surface area contributed by atoms with Crippen molar-refractivity contribution in [2.45, 2.75) is 0 Å². The van der Waals surface area contributed by atoms with Crippen molar-refractivity contribution in [3.8, 4) is 5.69 Å². The first kappa shape index (κ1) is 11.7. The highest BCUT2D eigenvalue weighted by Crippen LogP contribution is 2.27. The van der Waals surface area contributed by atoms with Crippen LogP contribution < -0.4 is 4.57 Å². The summed E-state index contributed by atoms with van der Waals surface area (Å²) >= 11 is 0. The molecular formula is C10H8N4O4. The zero-order valence-electron chi connectivity index (χ0n) is 9.31. The van der Waals surface area contributed by atoms with Crippen LogP contribution in [0.15, 0.2) is 30.6 Å². The fraction of sp³-hybridized carbons (Fsp3) is 0.100. The van der Waals surface area contributed by atoms with Crippen LogP contribution in [0, 0.1) is 26.6 Å². The molecule has 0 amide bonds. The van der Waals surface area contributed by atoms with E-state index in [4.69, 9.17) is 0 Å². The molecule has 0 aliphatic rings. The molecule has 0 saturated heterocycles. The normalized spacial score (nSPS) is 10.3. The average molecular weight is 248 g/mol. The van der Waals surface area contributed by atoms with Crippen molar-refractivity contribution in [1.82, 2.24) is 4.57 Å². The van der Waals surface area contributed by atoms with Crippen molar-refractivity contribution < 1.29 is 14.4 Å². The monoisotopic (exact) mass is 248 g/mol. The van der Waals surface area contributed by atoms with E-state index in [0.717, 1.165) is 6.07 Å². The van der Waals surface area contributed by atoms with E-state index in [0.29, 0.717) is 0 Å². The Labute approximate surface area is 101 Å². The Kier molecular flexibility index (Phi) is 2.76. The number of nitro groups is 2. The highest BCUT2D eigenvalue weighted by Gasteiger charge is 2.19. The summed E-state index contributed by atoms with van der Waals surface area (Å²) < 4.78 is 2.99. The first-order valence-corrected chi connectivity index (χ1v) is 4.88. The number of hydrogen-bond donors (Lipinski definition) is 0. The minimum atomic E-state index is -0.670. The topological polar surface area (TPSA) is 95.1 Å². The van der Waals surface area contributed by atoms with Crippen LogP contribution >= 0.6 is 0 Å². The lowest BCUT2D eigenvalue weighted by Crippen LogP contribution is -2.24. The van der Waals surface area contributed by atoms with Crippen molar-refractivity contribution >= 4 is 11.4 Å². The molecule has 0 bridgehead atoms. The fourth-order valence-corrected chi connectivity index (χ4v) is 1.51. The van der Waals surface area contributed by atoms with Crippen LogP contribution in [0.4, 0.5) is 11.4 Å². The number of non-ortho nitro benzene ring substituents is 1. The number of imidazole rings is 1. The lowest BCUT2D eigenvalue weighted by atomic mass is 10.2. The molecule has 0 aliphatic heterocycles. The van der Waals surface area contributed by atoms with E-state index in [1.165, 1.54) is 16.7 Å². The molecule has 0 spiro atoms. The van der Waals surface area contributed by atoms with Gasteiger partial charge in [-0.1, -0.05) is 0 Å². The smallest absolute Gasteiger partial charge is 0.282 e. The van der Waals surface area contributed by atoms with Gasteiger partial charge in [-0.15, -0.1) is 0 Å². The van der Waals surface area contributed by atoms with Gasteiger partial charge in [-0.25, -0.2) is 0 Å². The van der Waals surface area contributed by atoms with Gasteiger partial charge in [-0.3, -0.25) is 20.2 Å². The lowest BCUT2D eigenvalue weighted by molar-refractivity contribution is -0.674. The molecule has 0 saturated carbocycles. The van der Waals surface area contributed by atoms with Crippen LogP contribution in [0.3, 0.4) is 0 Å². The predicted molar refractivity (Wildman–Crippen MR) is 59.1 cm³/mol. The molecule has 18 heavy (non-hydrogen) atoms. The highest BCUT2D eigenvalue weighted by atomic mass is 16.6. The molecule has 0 fully saturated rings. The maximum atomic E-state index is 10.9. The third-order valence-corrected chi connectivity index (χ3v) is 2.33. The van der Waals surface area contributed by atoms with Crippen molar-refractivity contribution in [3.63, 3.8) is 0 Å². The highest BCUT2D eigenvalue weighted by molar-refractivity contribution is 5.57. The van der Waals surface area contributed by atoms with Crippen LogP contribution in [0.2, 0.25) is 0 Å². The minimum Gasteiger partial charge on any atom is -0.323 e. The Morgan fingerprint density at radius 2 is 2.00 bits per heavy atom. The fourth-order valence-electron chi connectivity index (χ4n) is 1.51. The first-order valence-electron chi connectivity index (χ1n) is 4.88. The molecule has 0 atom stereocenters. The summed E-state index contributed by atoms with van der Waals surface area (Å²) in [7, 11) is 1.72. The minimum absolute atomic E-state index is 0.228. The molecule has 0 unspecified atom stereocenters. The number of benzene rings is 1. The summed E-state index contributed by atoms with van der Waals surface area (Å²) in [5.74, 6) is 0. The van der Waals surface area contributed by atoms with E-state index in [1.807, 2.05) is 0 Å². The van der Waals surface area contributed by atoms with Gasteiger partial charge in [0.2, 0.25) is 6.33 Å². The van der Waals surface area contributed by atoms with Crippen molar-refractivity contribution in [1.29, 1.82) is 0 Å². The maximum Gasteiger partial charge on any atom is 0.282 e. The van der Waals surface area contributed by atoms with Gasteiger partial charge in [0.15, 0.2) is 0 Å². The van der Waals surface area contributed by atoms with E-state index in [2.05, 4.69) is 6.33 Å². The third-order valence-electron chi connectivity index (χ3n) is 2.33. The number of aryl methyl sites for hydroxylation is 1. The molecule has 2 rings (SSSR count). The van der Waals surface area contributed by atoms with E-state index in [-0.39, 0.29) is 17.1 Å². The molecule has 8 nitrogen and oxygen atoms in total. The van der Waals surface area contributed by atoms with Crippen molar-refractivity contribution in [2.24, 2.45) is 7.05 Å². The standard InChI is InChI=1S/C10H8N4O4/c1-11-4-5-12(7-11)9-3-2-8(13(15)16)6-10(9)14(17)18/h2-6H,1H3. The second kappa shape index (κ2) is 4.24. The average Bonchev–Trinajstić information content (AvgIpc) is 2.74. The Balaban J connectivity index is 2.60. The SMILES string of the molecule is C[n+]1[c-]n(-c2ccc([N+](=O)[O-])cc2[N+](=O)[O-])cc1. The van der Waals surface area contributed by atoms with Crippen LogP contribution in [0.5, 0.6) is 0 Å². The van der Waals surface area contributed by atoms with Crippen LogP contribution in [0.25, 0.3) is 5.69 Å². The Morgan fingerprint density at radius 3 is 2.50 bits per heavy atom. The molecule has 0 aliphatic carbocycles. The molecule has 0 N–H and O–H groups in total. The van der Waals surface area contributed by atoms with Crippen LogP contribution in [-0.2, 0) is 7.05 Å². The van der Waals surface area contributed by atoms with Gasteiger partial charge >= 0.3 is 0 Å². The zero-order valence-corrected chi connectivity index (χ0v) is 9.31. The molecular weight excluding hydrogens is 240 g/mol. The van der Waals surface area contributed by atoms with E-state index >= 15 is 0 Å². The van der Waals surface area contributed by atoms with E-state index in [9.17, 15) is 20.2 Å². The summed E-state index contributed by atoms with van der Waals surface area (Å²) in [5, 5.41) is 21.5. The van der Waals surface area contributed by atoms with E-state index in [1.54, 1.807) is 24.0 Å². The number of aromatic nitrogens is 2. The quantitative estimate of drug-likeness (QED) is 0.349. The molecule has 8 heteroatoms. The zero-order chi connectivity index (χ0) is 13.3. The van der Waals surface area contributed by atoms with Gasteiger partial charge in [0.05, 0.1) is 23.0 Å². The Bertz CT molecular complexity index is 635. The maximum absolute atomic E-state index is 10.9. The van der Waals surface area contributed by atoms with Crippen molar-refractivity contribution in [3.05, 3.63) is 57.1 Å². The van der Waals surface area contributed by atoms with Crippen LogP contribution in [-0.4, -0.2) is 14.4 Å². The van der Waals surface area contributed by atoms with Crippen LogP contribution in [0.1, 0.15) is 0 Å². The molecule has 1 heterocycles. The van der Waals surface area contributed by atoms with Gasteiger partial charge < -0.3 is 9.13 Å². The number of nitro benzene ring substituents is 2. The second-order valence-electron chi connectivity index (χ2n) is 3.57. The molecule has 2 aromatic rings. The Morgan fingerprint density at radius 1 is 1.28 bits per heavy atom. The molecule has 0 radical (unpaired) electrons. The summed E-state index contributed by atoms with van der Waals surface area (Å²) in [6.45, 7) is 0. The number of nitrogens with zero attached hydrogens (tertiary/aromatic N) is 4. The third kappa shape index (κ3) is 2.03. The van der Waals surface area contributed by atoms with Gasteiger partial charge in [0, 0.05) is 18.5 Å². The van der Waals surface area contributed by atoms with Gasteiger partial charge in [-0.05, 0) is 6.07 Å². The van der Waals surface area contributed by atoms with Gasteiger partial charge in [-0.2, -0.15) is 0 Å². The van der Waals surface area contributed by atoms with Crippen molar-refractivity contribution in [2.75, 3.05) is 0 Å². The number of hydrogen-bond acceptors (Lipinski definition) is 4. The molecule has 92 valence electrons. The second-order valence-corrected chi connectivity index (χ2v) is 3.57. The molecule has 1 aromatic heterocycles. The first-order chi connectivity index (χ1) is 8.49. The Hall–Kier alpha value is -2.77. The summed E-state index contributed by atoms with van der Waals surface area (Å²) in [4.78, 5) is 20.2. The molecule has 1 aromatic carbocycles. The predicted octanol–water partition coefficient (Wildman–Crippen LogP) is 0.918. The lowest BCUT2D eigenvalue weighted by Gasteiger charge is -2.03. The van der Waals surface area contributed by atoms with E-state index < -0.39 is 9.85 Å². The number of rotatable bonds is 3. The largest absolute Gasteiger partial charge is 0.323 e. The summed E-state index contributed by atoms with van der Waals surface area (Å²) in [6.07, 6.45) is 6.03. The summed E-state index contributed by atoms with van der Waals surface area (Å²) in [6, 6.07) is 3.48. The van der Waals surface area contributed by atoms with Gasteiger partial charge in [0.1, 0.15) is 5.69 Å².